The Morgan fingerprint density at radius 3 is 0.845 bits per heavy atom. The van der Waals surface area contributed by atoms with E-state index in [2.05, 4.69) is 34.6 Å². The second kappa shape index (κ2) is 44.9. The van der Waals surface area contributed by atoms with E-state index in [0.717, 1.165) is 69.6 Å². The normalized spacial score (nSPS) is 12.1. The quantitative estimate of drug-likeness (QED) is 0.0346. The zero-order valence-electron chi connectivity index (χ0n) is 39.7. The molecule has 344 valence electrons. The van der Waals surface area contributed by atoms with E-state index in [9.17, 15) is 14.4 Å². The standard InChI is InChI=1S/C52H100O6/c1-6-7-8-9-10-11-22-27-32-37-42-50(53)56-45-49(46-57-51(54)43-38-33-28-24-19-21-26-31-36-41-48(4)5)58-52(55)44-39-34-29-23-18-16-14-12-13-15-17-20-25-30-35-40-47(2)3/h47-49H,6-46H2,1-5H3/t49-/m0/s1. The van der Waals surface area contributed by atoms with E-state index < -0.39 is 6.10 Å². The van der Waals surface area contributed by atoms with E-state index in [1.807, 2.05) is 0 Å². The van der Waals surface area contributed by atoms with Gasteiger partial charge in [0.05, 0.1) is 0 Å². The molecular formula is C52H100O6. The highest BCUT2D eigenvalue weighted by Gasteiger charge is 2.19. The van der Waals surface area contributed by atoms with Crippen molar-refractivity contribution < 1.29 is 28.6 Å². The SMILES string of the molecule is CCCCCCCCCCCCC(=O)OC[C@@H](COC(=O)CCCCCCCCCCCC(C)C)OC(=O)CCCCCCCCCCCCCCCCCC(C)C. The minimum Gasteiger partial charge on any atom is -0.462 e. The molecule has 0 saturated carbocycles. The lowest BCUT2D eigenvalue weighted by atomic mass is 10.0. The van der Waals surface area contributed by atoms with E-state index in [-0.39, 0.29) is 31.1 Å². The first-order valence-corrected chi connectivity index (χ1v) is 25.7. The summed E-state index contributed by atoms with van der Waals surface area (Å²) in [6.45, 7) is 11.4. The van der Waals surface area contributed by atoms with Gasteiger partial charge in [0.15, 0.2) is 6.10 Å². The maximum absolute atomic E-state index is 12.8. The Morgan fingerprint density at radius 1 is 0.328 bits per heavy atom. The average Bonchev–Trinajstić information content (AvgIpc) is 3.19. The predicted molar refractivity (Wildman–Crippen MR) is 247 cm³/mol. The Balaban J connectivity index is 4.27. The number of hydrogen-bond acceptors (Lipinski definition) is 6. The highest BCUT2D eigenvalue weighted by atomic mass is 16.6. The Labute approximate surface area is 361 Å². The van der Waals surface area contributed by atoms with Gasteiger partial charge in [-0.3, -0.25) is 14.4 Å². The van der Waals surface area contributed by atoms with Gasteiger partial charge < -0.3 is 14.2 Å². The van der Waals surface area contributed by atoms with E-state index in [0.29, 0.717) is 19.3 Å². The maximum atomic E-state index is 12.8. The van der Waals surface area contributed by atoms with Gasteiger partial charge in [-0.15, -0.1) is 0 Å². The van der Waals surface area contributed by atoms with Crippen LogP contribution < -0.4 is 0 Å². The van der Waals surface area contributed by atoms with Crippen LogP contribution in [0.3, 0.4) is 0 Å². The first-order chi connectivity index (χ1) is 28.2. The van der Waals surface area contributed by atoms with Crippen LogP contribution in [0.4, 0.5) is 0 Å². The number of rotatable bonds is 46. The van der Waals surface area contributed by atoms with Gasteiger partial charge in [-0.05, 0) is 31.1 Å². The van der Waals surface area contributed by atoms with Crippen molar-refractivity contribution in [2.24, 2.45) is 11.8 Å². The molecule has 0 radical (unpaired) electrons. The highest BCUT2D eigenvalue weighted by Crippen LogP contribution is 2.17. The fraction of sp³-hybridized carbons (Fsp3) is 0.942. The summed E-state index contributed by atoms with van der Waals surface area (Å²) in [4.78, 5) is 37.9. The maximum Gasteiger partial charge on any atom is 0.306 e. The number of esters is 3. The molecule has 58 heavy (non-hydrogen) atoms. The second-order valence-electron chi connectivity index (χ2n) is 18.8. The van der Waals surface area contributed by atoms with Gasteiger partial charge in [0.25, 0.3) is 0 Å². The zero-order chi connectivity index (χ0) is 42.6. The topological polar surface area (TPSA) is 78.9 Å². The van der Waals surface area contributed by atoms with Crippen LogP contribution >= 0.6 is 0 Å². The summed E-state index contributed by atoms with van der Waals surface area (Å²) in [5.41, 5.74) is 0. The lowest BCUT2D eigenvalue weighted by Crippen LogP contribution is -2.30. The van der Waals surface area contributed by atoms with Crippen LogP contribution in [-0.2, 0) is 28.6 Å². The Morgan fingerprint density at radius 2 is 0.569 bits per heavy atom. The van der Waals surface area contributed by atoms with Crippen LogP contribution in [-0.4, -0.2) is 37.2 Å². The van der Waals surface area contributed by atoms with Crippen molar-refractivity contribution in [2.75, 3.05) is 13.2 Å². The molecular weight excluding hydrogens is 721 g/mol. The van der Waals surface area contributed by atoms with E-state index in [4.69, 9.17) is 14.2 Å². The third-order valence-electron chi connectivity index (χ3n) is 11.7. The molecule has 0 aromatic rings. The third kappa shape index (κ3) is 45.5. The van der Waals surface area contributed by atoms with Gasteiger partial charge in [-0.1, -0.05) is 247 Å². The summed E-state index contributed by atoms with van der Waals surface area (Å²) in [5.74, 6) is 0.806. The minimum absolute atomic E-state index is 0.0640. The summed E-state index contributed by atoms with van der Waals surface area (Å²) >= 11 is 0. The van der Waals surface area contributed by atoms with Gasteiger partial charge in [-0.2, -0.15) is 0 Å². The molecule has 0 spiro atoms. The molecule has 6 nitrogen and oxygen atoms in total. The van der Waals surface area contributed by atoms with Crippen molar-refractivity contribution in [3.05, 3.63) is 0 Å². The zero-order valence-corrected chi connectivity index (χ0v) is 39.7. The van der Waals surface area contributed by atoms with Crippen molar-refractivity contribution in [3.63, 3.8) is 0 Å². The summed E-state index contributed by atoms with van der Waals surface area (Å²) < 4.78 is 16.8. The van der Waals surface area contributed by atoms with Crippen LogP contribution in [0.1, 0.15) is 285 Å². The molecule has 0 aliphatic heterocycles. The van der Waals surface area contributed by atoms with Crippen LogP contribution in [0, 0.1) is 11.8 Å². The molecule has 1 atom stereocenters. The average molecular weight is 821 g/mol. The summed E-state index contributed by atoms with van der Waals surface area (Å²) in [7, 11) is 0. The molecule has 0 aliphatic carbocycles. The van der Waals surface area contributed by atoms with Gasteiger partial charge in [0, 0.05) is 19.3 Å². The second-order valence-corrected chi connectivity index (χ2v) is 18.8. The molecule has 0 unspecified atom stereocenters. The fourth-order valence-electron chi connectivity index (χ4n) is 7.81. The first kappa shape index (κ1) is 56.4. The molecule has 0 fully saturated rings. The molecule has 0 aromatic carbocycles. The third-order valence-corrected chi connectivity index (χ3v) is 11.7. The Bertz CT molecular complexity index is 885. The smallest absolute Gasteiger partial charge is 0.306 e. The molecule has 6 heteroatoms. The molecule has 0 saturated heterocycles. The molecule has 0 heterocycles. The monoisotopic (exact) mass is 821 g/mol. The first-order valence-electron chi connectivity index (χ1n) is 25.7. The van der Waals surface area contributed by atoms with Crippen molar-refractivity contribution >= 4 is 17.9 Å². The van der Waals surface area contributed by atoms with Gasteiger partial charge >= 0.3 is 17.9 Å². The predicted octanol–water partition coefficient (Wildman–Crippen LogP) is 16.5. The van der Waals surface area contributed by atoms with Crippen molar-refractivity contribution in [1.82, 2.24) is 0 Å². The minimum atomic E-state index is -0.761. The fourth-order valence-corrected chi connectivity index (χ4v) is 7.81. The van der Waals surface area contributed by atoms with E-state index in [1.165, 1.54) is 173 Å². The molecule has 0 bridgehead atoms. The van der Waals surface area contributed by atoms with Crippen LogP contribution in [0.2, 0.25) is 0 Å². The Hall–Kier alpha value is -1.59. The van der Waals surface area contributed by atoms with E-state index in [1.54, 1.807) is 0 Å². The highest BCUT2D eigenvalue weighted by molar-refractivity contribution is 5.71. The number of carbonyl (C=O) groups excluding carboxylic acids is 3. The lowest BCUT2D eigenvalue weighted by molar-refractivity contribution is -0.167. The molecule has 0 N–H and O–H groups in total. The number of unbranched alkanes of at least 4 members (excludes halogenated alkanes) is 31. The Kier molecular flexibility index (Phi) is 43.7. The van der Waals surface area contributed by atoms with Crippen molar-refractivity contribution in [3.8, 4) is 0 Å². The van der Waals surface area contributed by atoms with Crippen LogP contribution in [0.15, 0.2) is 0 Å². The number of carbonyl (C=O) groups is 3. The molecule has 0 rings (SSSR count). The lowest BCUT2D eigenvalue weighted by Gasteiger charge is -2.18. The van der Waals surface area contributed by atoms with Crippen LogP contribution in [0.5, 0.6) is 0 Å². The largest absolute Gasteiger partial charge is 0.462 e. The summed E-state index contributed by atoms with van der Waals surface area (Å²) in [6, 6.07) is 0. The molecule has 0 amide bonds. The van der Waals surface area contributed by atoms with E-state index >= 15 is 0 Å². The number of hydrogen-bond donors (Lipinski definition) is 0. The number of ether oxygens (including phenoxy) is 3. The van der Waals surface area contributed by atoms with Gasteiger partial charge in [-0.25, -0.2) is 0 Å². The van der Waals surface area contributed by atoms with Crippen LogP contribution in [0.25, 0.3) is 0 Å². The van der Waals surface area contributed by atoms with Gasteiger partial charge in [0.1, 0.15) is 13.2 Å². The molecule has 0 aliphatic rings. The van der Waals surface area contributed by atoms with Crippen molar-refractivity contribution in [1.29, 1.82) is 0 Å². The summed E-state index contributed by atoms with van der Waals surface area (Å²) in [5, 5.41) is 0. The summed E-state index contributed by atoms with van der Waals surface area (Å²) in [6.07, 6.45) is 45.2. The van der Waals surface area contributed by atoms with Crippen molar-refractivity contribution in [2.45, 2.75) is 291 Å². The van der Waals surface area contributed by atoms with Gasteiger partial charge in [0.2, 0.25) is 0 Å². The molecule has 0 aromatic heterocycles.